The van der Waals surface area contributed by atoms with E-state index in [-0.39, 0.29) is 5.41 Å². The van der Waals surface area contributed by atoms with Crippen molar-refractivity contribution in [1.29, 1.82) is 0 Å². The molecule has 4 fully saturated rings. The molecular weight excluding hydrogens is 342 g/mol. The van der Waals surface area contributed by atoms with Crippen LogP contribution in [0.3, 0.4) is 0 Å². The van der Waals surface area contributed by atoms with Crippen molar-refractivity contribution in [2.24, 2.45) is 23.2 Å². The van der Waals surface area contributed by atoms with Crippen LogP contribution in [0.5, 0.6) is 0 Å². The summed E-state index contributed by atoms with van der Waals surface area (Å²) < 4.78 is 0. The Hall–Kier alpha value is -1.93. The Balaban J connectivity index is 1.34. The summed E-state index contributed by atoms with van der Waals surface area (Å²) in [4.78, 5) is 15.1. The quantitative estimate of drug-likeness (QED) is 0.775. The van der Waals surface area contributed by atoms with Gasteiger partial charge in [0.15, 0.2) is 5.78 Å². The first-order valence-corrected chi connectivity index (χ1v) is 11.1. The van der Waals surface area contributed by atoms with Crippen LogP contribution in [0.2, 0.25) is 0 Å². The van der Waals surface area contributed by atoms with E-state index >= 15 is 0 Å². The monoisotopic (exact) mass is 374 g/mol. The second kappa shape index (κ2) is 7.48. The first-order chi connectivity index (χ1) is 13.7. The van der Waals surface area contributed by atoms with Gasteiger partial charge in [-0.05, 0) is 56.3 Å². The Morgan fingerprint density at radius 2 is 1.18 bits per heavy atom. The van der Waals surface area contributed by atoms with Crippen molar-refractivity contribution in [3.8, 4) is 0 Å². The van der Waals surface area contributed by atoms with Crippen molar-refractivity contribution in [2.45, 2.75) is 51.6 Å². The lowest BCUT2D eigenvalue weighted by Crippen LogP contribution is -3.10. The first kappa shape index (κ1) is 18.1. The van der Waals surface area contributed by atoms with Gasteiger partial charge in [0.05, 0.1) is 0 Å². The molecule has 0 heterocycles. The number of hydrogen-bond donors (Lipinski definition) is 1. The van der Waals surface area contributed by atoms with Gasteiger partial charge in [-0.15, -0.1) is 0 Å². The highest BCUT2D eigenvalue weighted by Gasteiger charge is 2.54. The second-order valence-electron chi connectivity index (χ2n) is 9.87. The molecule has 4 saturated carbocycles. The van der Waals surface area contributed by atoms with Crippen LogP contribution in [0, 0.1) is 23.2 Å². The predicted octanol–water partition coefficient (Wildman–Crippen LogP) is 4.06. The van der Waals surface area contributed by atoms with Gasteiger partial charge in [-0.2, -0.15) is 0 Å². The Labute approximate surface area is 169 Å². The fraction of sp³-hybridized carbons (Fsp3) is 0.500. The molecule has 0 radical (unpaired) electrons. The number of ketones is 1. The summed E-state index contributed by atoms with van der Waals surface area (Å²) >= 11 is 0. The SMILES string of the molecule is O=C(C[NH+](Cc1ccccc1)Cc1ccccc1)C12CC3CC(CC(C3)C1)C2. The Morgan fingerprint density at radius 3 is 1.61 bits per heavy atom. The fourth-order valence-corrected chi connectivity index (χ4v) is 6.82. The lowest BCUT2D eigenvalue weighted by Gasteiger charge is -2.55. The molecule has 0 saturated heterocycles. The van der Waals surface area contributed by atoms with Crippen molar-refractivity contribution in [1.82, 2.24) is 0 Å². The van der Waals surface area contributed by atoms with Gasteiger partial charge in [-0.25, -0.2) is 0 Å². The highest BCUT2D eigenvalue weighted by Crippen LogP contribution is 2.60. The number of nitrogens with one attached hydrogen (secondary N) is 1. The van der Waals surface area contributed by atoms with Gasteiger partial charge in [0.1, 0.15) is 19.6 Å². The number of benzene rings is 2. The van der Waals surface area contributed by atoms with Gasteiger partial charge >= 0.3 is 0 Å². The van der Waals surface area contributed by atoms with E-state index in [2.05, 4.69) is 60.7 Å². The van der Waals surface area contributed by atoms with E-state index in [1.807, 2.05) is 0 Å². The van der Waals surface area contributed by atoms with Gasteiger partial charge in [0.2, 0.25) is 0 Å². The maximum atomic E-state index is 13.7. The normalized spacial score (nSPS) is 30.7. The summed E-state index contributed by atoms with van der Waals surface area (Å²) in [6, 6.07) is 21.3. The minimum Gasteiger partial charge on any atom is -0.321 e. The molecule has 6 rings (SSSR count). The van der Waals surface area contributed by atoms with E-state index in [0.717, 1.165) is 30.8 Å². The Kier molecular flexibility index (Phi) is 4.84. The van der Waals surface area contributed by atoms with Gasteiger partial charge in [-0.3, -0.25) is 4.79 Å². The molecule has 2 aromatic carbocycles. The molecule has 2 aromatic rings. The lowest BCUT2D eigenvalue weighted by atomic mass is 9.48. The largest absolute Gasteiger partial charge is 0.321 e. The molecule has 4 aliphatic carbocycles. The molecule has 28 heavy (non-hydrogen) atoms. The topological polar surface area (TPSA) is 21.5 Å². The summed E-state index contributed by atoms with van der Waals surface area (Å²) in [7, 11) is 0. The van der Waals surface area contributed by atoms with E-state index in [9.17, 15) is 4.79 Å². The maximum absolute atomic E-state index is 13.7. The number of carbonyl (C=O) groups excluding carboxylic acids is 1. The molecule has 0 spiro atoms. The predicted molar refractivity (Wildman–Crippen MR) is 112 cm³/mol. The van der Waals surface area contributed by atoms with Gasteiger partial charge in [0.25, 0.3) is 0 Å². The third-order valence-electron chi connectivity index (χ3n) is 7.63. The van der Waals surface area contributed by atoms with Crippen LogP contribution in [-0.2, 0) is 17.9 Å². The number of carbonyl (C=O) groups is 1. The average Bonchev–Trinajstić information content (AvgIpc) is 2.68. The third-order valence-corrected chi connectivity index (χ3v) is 7.63. The van der Waals surface area contributed by atoms with Crippen LogP contribution in [0.25, 0.3) is 0 Å². The number of hydrogen-bond acceptors (Lipinski definition) is 1. The van der Waals surface area contributed by atoms with E-state index in [1.54, 1.807) is 0 Å². The molecule has 0 aliphatic heterocycles. The molecule has 2 heteroatoms. The van der Waals surface area contributed by atoms with Crippen molar-refractivity contribution in [2.75, 3.05) is 6.54 Å². The zero-order valence-corrected chi connectivity index (χ0v) is 16.8. The Bertz CT molecular complexity index is 736. The molecule has 1 N–H and O–H groups in total. The highest BCUT2D eigenvalue weighted by molar-refractivity contribution is 5.86. The summed E-state index contributed by atoms with van der Waals surface area (Å²) in [6.07, 6.45) is 7.75. The molecule has 0 unspecified atom stereocenters. The van der Waals surface area contributed by atoms with Gasteiger partial charge in [-0.1, -0.05) is 60.7 Å². The van der Waals surface area contributed by atoms with Crippen molar-refractivity contribution < 1.29 is 9.69 Å². The number of rotatable bonds is 7. The van der Waals surface area contributed by atoms with E-state index in [1.165, 1.54) is 54.6 Å². The molecular formula is C26H32NO+. The van der Waals surface area contributed by atoms with Gasteiger partial charge in [0, 0.05) is 16.5 Å². The minimum atomic E-state index is 0.0212. The van der Waals surface area contributed by atoms with E-state index < -0.39 is 0 Å². The second-order valence-corrected chi connectivity index (χ2v) is 9.87. The zero-order valence-electron chi connectivity index (χ0n) is 16.8. The minimum absolute atomic E-state index is 0.0212. The van der Waals surface area contributed by atoms with Crippen LogP contribution >= 0.6 is 0 Å². The Morgan fingerprint density at radius 1 is 0.750 bits per heavy atom. The fourth-order valence-electron chi connectivity index (χ4n) is 6.82. The molecule has 2 nitrogen and oxygen atoms in total. The summed E-state index contributed by atoms with van der Waals surface area (Å²) in [5, 5.41) is 0. The molecule has 4 bridgehead atoms. The molecule has 0 amide bonds. The van der Waals surface area contributed by atoms with E-state index in [4.69, 9.17) is 0 Å². The molecule has 0 aromatic heterocycles. The smallest absolute Gasteiger partial charge is 0.192 e. The molecule has 146 valence electrons. The highest BCUT2D eigenvalue weighted by atomic mass is 16.1. The van der Waals surface area contributed by atoms with Crippen LogP contribution in [-0.4, -0.2) is 12.3 Å². The van der Waals surface area contributed by atoms with Crippen molar-refractivity contribution in [3.63, 3.8) is 0 Å². The van der Waals surface area contributed by atoms with Crippen molar-refractivity contribution in [3.05, 3.63) is 71.8 Å². The number of Topliss-reactive ketones (excluding diaryl/α,β-unsaturated/α-hetero) is 1. The first-order valence-electron chi connectivity index (χ1n) is 11.1. The standard InChI is InChI=1S/C26H31NO/c28-25(26-14-22-11-23(15-26)13-24(12-22)16-26)19-27(17-20-7-3-1-4-8-20)18-21-9-5-2-6-10-21/h1-10,22-24H,11-19H2/p+1. The van der Waals surface area contributed by atoms with Gasteiger partial charge < -0.3 is 4.90 Å². The summed E-state index contributed by atoms with van der Waals surface area (Å²) in [5.41, 5.74) is 2.67. The van der Waals surface area contributed by atoms with Crippen LogP contribution < -0.4 is 4.90 Å². The summed E-state index contributed by atoms with van der Waals surface area (Å²) in [6.45, 7) is 2.53. The van der Waals surface area contributed by atoms with Crippen molar-refractivity contribution >= 4 is 5.78 Å². The zero-order chi connectivity index (χ0) is 19.0. The maximum Gasteiger partial charge on any atom is 0.192 e. The average molecular weight is 375 g/mol. The molecule has 0 atom stereocenters. The van der Waals surface area contributed by atoms with Crippen LogP contribution in [0.15, 0.2) is 60.7 Å². The van der Waals surface area contributed by atoms with E-state index in [0.29, 0.717) is 12.3 Å². The van der Waals surface area contributed by atoms with Crippen LogP contribution in [0.1, 0.15) is 49.7 Å². The summed E-state index contributed by atoms with van der Waals surface area (Å²) in [5.74, 6) is 3.07. The molecule has 4 aliphatic rings. The van der Waals surface area contributed by atoms with Crippen LogP contribution in [0.4, 0.5) is 0 Å². The number of quaternary nitrogens is 1. The third kappa shape index (κ3) is 3.67. The lowest BCUT2D eigenvalue weighted by molar-refractivity contribution is -0.920.